The van der Waals surface area contributed by atoms with E-state index < -0.39 is 6.16 Å². The molecule has 0 spiro atoms. The molecule has 0 saturated heterocycles. The summed E-state index contributed by atoms with van der Waals surface area (Å²) in [5, 5.41) is 0. The van der Waals surface area contributed by atoms with Gasteiger partial charge in [0, 0.05) is 5.56 Å². The molecule has 5 heteroatoms. The van der Waals surface area contributed by atoms with Crippen LogP contribution in [0.4, 0.5) is 4.79 Å². The predicted octanol–water partition coefficient (Wildman–Crippen LogP) is 10.0. The van der Waals surface area contributed by atoms with Gasteiger partial charge in [0.2, 0.25) is 0 Å². The van der Waals surface area contributed by atoms with Crippen molar-refractivity contribution in [2.24, 2.45) is 17.8 Å². The summed E-state index contributed by atoms with van der Waals surface area (Å²) in [6.45, 7) is 17.9. The van der Waals surface area contributed by atoms with E-state index in [1.165, 1.54) is 56.9 Å². The van der Waals surface area contributed by atoms with E-state index in [0.717, 1.165) is 59.5 Å². The van der Waals surface area contributed by atoms with Crippen LogP contribution in [0.25, 0.3) is 0 Å². The number of rotatable bonds is 14. The minimum atomic E-state index is -0.647. The largest absolute Gasteiger partial charge is 0.514 e. The molecule has 36 heavy (non-hydrogen) atoms. The summed E-state index contributed by atoms with van der Waals surface area (Å²) < 4.78 is 17.5. The Hall–Kier alpha value is -0.980. The Labute approximate surface area is 234 Å². The van der Waals surface area contributed by atoms with Crippen LogP contribution in [0.1, 0.15) is 121 Å². The van der Waals surface area contributed by atoms with Crippen molar-refractivity contribution in [3.63, 3.8) is 0 Å². The first-order valence-corrected chi connectivity index (χ1v) is 15.7. The lowest BCUT2D eigenvalue weighted by molar-refractivity contribution is 0.0510. The number of hydrogen-bond acceptors (Lipinski definition) is 4. The first-order valence-electron chi connectivity index (χ1n) is 14.2. The SMILES string of the molecule is Cc1c(C)c2c(c(C)c1OC(=O)OCI)CCC(C)(CCCC(C)CCCC(C)CCCC(C)C)O2. The molecular weight excluding hydrogens is 563 g/mol. The maximum Gasteiger partial charge on any atom is 0.514 e. The Kier molecular flexibility index (Phi) is 12.9. The van der Waals surface area contributed by atoms with E-state index in [1.807, 2.05) is 36.4 Å². The molecule has 2 rings (SSSR count). The molecule has 1 aromatic carbocycles. The van der Waals surface area contributed by atoms with Gasteiger partial charge in [0.1, 0.15) is 21.7 Å². The average Bonchev–Trinajstić information content (AvgIpc) is 2.80. The molecule has 4 nitrogen and oxygen atoms in total. The topological polar surface area (TPSA) is 44.8 Å². The van der Waals surface area contributed by atoms with E-state index in [0.29, 0.717) is 5.75 Å². The molecule has 206 valence electrons. The zero-order valence-electron chi connectivity index (χ0n) is 24.2. The summed E-state index contributed by atoms with van der Waals surface area (Å²) in [6.07, 6.45) is 13.1. The third-order valence-corrected chi connectivity index (χ3v) is 8.51. The van der Waals surface area contributed by atoms with Crippen LogP contribution in [0, 0.1) is 38.5 Å². The molecular formula is C31H51IO4. The lowest BCUT2D eigenvalue weighted by Gasteiger charge is -2.38. The van der Waals surface area contributed by atoms with Gasteiger partial charge >= 0.3 is 6.16 Å². The fourth-order valence-electron chi connectivity index (χ4n) is 5.57. The van der Waals surface area contributed by atoms with Gasteiger partial charge in [-0.15, -0.1) is 0 Å². The first kappa shape index (κ1) is 31.2. The molecule has 0 aromatic heterocycles. The number of fused-ring (bicyclic) bond motifs is 1. The highest BCUT2D eigenvalue weighted by Crippen LogP contribution is 2.45. The second-order valence-corrected chi connectivity index (χ2v) is 12.7. The van der Waals surface area contributed by atoms with Crippen LogP contribution in [0.15, 0.2) is 0 Å². The number of benzene rings is 1. The second-order valence-electron chi connectivity index (χ2n) is 12.0. The summed E-state index contributed by atoms with van der Waals surface area (Å²) in [5.74, 6) is 4.09. The molecule has 0 bridgehead atoms. The minimum absolute atomic E-state index is 0.135. The Balaban J connectivity index is 1.85. The van der Waals surface area contributed by atoms with Crippen molar-refractivity contribution in [1.29, 1.82) is 0 Å². The number of alkyl halides is 1. The molecule has 0 N–H and O–H groups in total. The summed E-state index contributed by atoms with van der Waals surface area (Å²) in [6, 6.07) is 0. The lowest BCUT2D eigenvalue weighted by Crippen LogP contribution is -2.37. The molecule has 1 aliphatic heterocycles. The number of carbonyl (C=O) groups is 1. The van der Waals surface area contributed by atoms with Crippen molar-refractivity contribution in [3.05, 3.63) is 22.3 Å². The molecule has 1 aliphatic rings. The smallest absolute Gasteiger partial charge is 0.487 e. The van der Waals surface area contributed by atoms with Gasteiger partial charge in [-0.2, -0.15) is 0 Å². The van der Waals surface area contributed by atoms with Crippen LogP contribution in [0.5, 0.6) is 11.5 Å². The molecule has 1 heterocycles. The molecule has 3 atom stereocenters. The number of carbonyl (C=O) groups excluding carboxylic acids is 1. The maximum atomic E-state index is 12.0. The van der Waals surface area contributed by atoms with Crippen LogP contribution in [-0.2, 0) is 11.2 Å². The van der Waals surface area contributed by atoms with Gasteiger partial charge < -0.3 is 14.2 Å². The molecule has 1 aromatic rings. The van der Waals surface area contributed by atoms with Crippen LogP contribution >= 0.6 is 22.6 Å². The number of halogens is 1. The first-order chi connectivity index (χ1) is 17.0. The lowest BCUT2D eigenvalue weighted by atomic mass is 9.83. The van der Waals surface area contributed by atoms with Crippen LogP contribution < -0.4 is 9.47 Å². The Morgan fingerprint density at radius 1 is 0.917 bits per heavy atom. The quantitative estimate of drug-likeness (QED) is 0.0906. The zero-order chi connectivity index (χ0) is 26.9. The van der Waals surface area contributed by atoms with Gasteiger partial charge in [-0.05, 0) is 110 Å². The van der Waals surface area contributed by atoms with Gasteiger partial charge in [0.25, 0.3) is 0 Å². The average molecular weight is 615 g/mol. The molecule has 0 amide bonds. The summed E-state index contributed by atoms with van der Waals surface area (Å²) in [4.78, 5) is 12.0. The highest BCUT2D eigenvalue weighted by atomic mass is 127. The Morgan fingerprint density at radius 3 is 2.08 bits per heavy atom. The van der Waals surface area contributed by atoms with E-state index in [2.05, 4.69) is 41.5 Å². The monoisotopic (exact) mass is 614 g/mol. The molecule has 3 unspecified atom stereocenters. The number of hydrogen-bond donors (Lipinski definition) is 0. The van der Waals surface area contributed by atoms with E-state index in [1.54, 1.807) is 0 Å². The summed E-state index contributed by atoms with van der Waals surface area (Å²) >= 11 is 1.99. The van der Waals surface area contributed by atoms with E-state index in [9.17, 15) is 4.79 Å². The third-order valence-electron chi connectivity index (χ3n) is 8.20. The van der Waals surface area contributed by atoms with Crippen LogP contribution in [-0.4, -0.2) is 16.4 Å². The molecule has 0 fully saturated rings. The zero-order valence-corrected chi connectivity index (χ0v) is 26.4. The molecule has 0 radical (unpaired) electrons. The van der Waals surface area contributed by atoms with Crippen molar-refractivity contribution in [3.8, 4) is 11.5 Å². The van der Waals surface area contributed by atoms with Gasteiger partial charge in [0.15, 0.2) is 0 Å². The highest BCUT2D eigenvalue weighted by Gasteiger charge is 2.35. The van der Waals surface area contributed by atoms with Gasteiger partial charge in [-0.25, -0.2) is 4.79 Å². The molecule has 0 aliphatic carbocycles. The van der Waals surface area contributed by atoms with Gasteiger partial charge in [-0.1, -0.05) is 72.6 Å². The fourth-order valence-corrected chi connectivity index (χ4v) is 5.82. The second kappa shape index (κ2) is 14.8. The van der Waals surface area contributed by atoms with Crippen LogP contribution in [0.2, 0.25) is 0 Å². The van der Waals surface area contributed by atoms with Crippen molar-refractivity contribution in [2.45, 2.75) is 132 Å². The van der Waals surface area contributed by atoms with Gasteiger partial charge in [0.05, 0.1) is 0 Å². The predicted molar refractivity (Wildman–Crippen MR) is 159 cm³/mol. The van der Waals surface area contributed by atoms with Crippen molar-refractivity contribution < 1.29 is 19.0 Å². The van der Waals surface area contributed by atoms with Crippen LogP contribution in [0.3, 0.4) is 0 Å². The third kappa shape index (κ3) is 9.40. The van der Waals surface area contributed by atoms with Crippen molar-refractivity contribution in [2.75, 3.05) is 4.61 Å². The fraction of sp³-hybridized carbons (Fsp3) is 0.774. The minimum Gasteiger partial charge on any atom is -0.487 e. The standard InChI is InChI=1S/C31H51IO4/c1-21(2)12-9-13-22(3)14-10-15-23(4)16-11-18-31(8)19-17-27-26(7)28(35-30(33)34-20-32)24(5)25(6)29(27)36-31/h21-23H,9-20H2,1-8H3. The number of ether oxygens (including phenoxy) is 3. The molecule has 0 saturated carbocycles. The normalized spacial score (nSPS) is 18.9. The van der Waals surface area contributed by atoms with E-state index in [-0.39, 0.29) is 10.2 Å². The Bertz CT molecular complexity index is 850. The Morgan fingerprint density at radius 2 is 1.50 bits per heavy atom. The maximum absolute atomic E-state index is 12.0. The van der Waals surface area contributed by atoms with Crippen molar-refractivity contribution in [1.82, 2.24) is 0 Å². The van der Waals surface area contributed by atoms with E-state index >= 15 is 0 Å². The van der Waals surface area contributed by atoms with Crippen molar-refractivity contribution >= 4 is 28.7 Å². The van der Waals surface area contributed by atoms with Gasteiger partial charge in [-0.3, -0.25) is 0 Å². The highest BCUT2D eigenvalue weighted by molar-refractivity contribution is 14.1. The van der Waals surface area contributed by atoms with E-state index in [4.69, 9.17) is 14.2 Å². The summed E-state index contributed by atoms with van der Waals surface area (Å²) in [5.41, 5.74) is 4.04. The summed E-state index contributed by atoms with van der Waals surface area (Å²) in [7, 11) is 0.